The van der Waals surface area contributed by atoms with Gasteiger partial charge in [0.15, 0.2) is 0 Å². The summed E-state index contributed by atoms with van der Waals surface area (Å²) in [5.74, 6) is 0.789. The van der Waals surface area contributed by atoms with E-state index in [1.54, 1.807) is 12.4 Å². The van der Waals surface area contributed by atoms with Gasteiger partial charge < -0.3 is 10.5 Å². The van der Waals surface area contributed by atoms with E-state index in [-0.39, 0.29) is 0 Å². The Balaban J connectivity index is 1.78. The van der Waals surface area contributed by atoms with Gasteiger partial charge in [0.2, 0.25) is 0 Å². The van der Waals surface area contributed by atoms with Crippen LogP contribution in [0.4, 0.5) is 0 Å². The fourth-order valence-electron chi connectivity index (χ4n) is 1.94. The Bertz CT molecular complexity index is 589. The second-order valence-electron chi connectivity index (χ2n) is 4.83. The number of benzene rings is 1. The minimum absolute atomic E-state index is 0.384. The van der Waals surface area contributed by atoms with Crippen LogP contribution in [0.15, 0.2) is 48.8 Å². The Labute approximate surface area is 130 Å². The average molecular weight is 301 g/mol. The summed E-state index contributed by atoms with van der Waals surface area (Å²) in [6, 6.07) is 11.6. The summed E-state index contributed by atoms with van der Waals surface area (Å²) < 4.78 is 5.74. The topological polar surface area (TPSA) is 51.4 Å². The molecule has 0 spiro atoms. The van der Waals surface area contributed by atoms with Crippen LogP contribution in [-0.2, 0) is 6.54 Å². The third kappa shape index (κ3) is 5.13. The Hall–Kier alpha value is -1.98. The molecule has 0 aliphatic rings. The summed E-state index contributed by atoms with van der Waals surface area (Å²) in [6.45, 7) is 2.32. The fraction of sp³-hybridized carbons (Fsp3) is 0.250. The predicted octanol–water partition coefficient (Wildman–Crippen LogP) is 2.23. The molecule has 0 fully saturated rings. The molecule has 4 nitrogen and oxygen atoms in total. The number of rotatable bonds is 7. The van der Waals surface area contributed by atoms with Crippen molar-refractivity contribution in [1.29, 1.82) is 0 Å². The number of thiocarbonyl (C=S) groups is 1. The van der Waals surface area contributed by atoms with Gasteiger partial charge in [-0.15, -0.1) is 0 Å². The van der Waals surface area contributed by atoms with E-state index in [2.05, 4.69) is 16.9 Å². The van der Waals surface area contributed by atoms with Crippen LogP contribution >= 0.6 is 12.2 Å². The lowest BCUT2D eigenvalue weighted by Crippen LogP contribution is -2.23. The maximum atomic E-state index is 5.74. The van der Waals surface area contributed by atoms with E-state index in [1.807, 2.05) is 36.4 Å². The van der Waals surface area contributed by atoms with Crippen molar-refractivity contribution in [2.24, 2.45) is 5.73 Å². The van der Waals surface area contributed by atoms with Crippen molar-refractivity contribution in [3.63, 3.8) is 0 Å². The summed E-state index contributed by atoms with van der Waals surface area (Å²) in [4.78, 5) is 6.60. The lowest BCUT2D eigenvalue weighted by atomic mass is 10.2. The lowest BCUT2D eigenvalue weighted by molar-refractivity contribution is 0.233. The number of ether oxygens (including phenoxy) is 1. The molecule has 0 saturated heterocycles. The van der Waals surface area contributed by atoms with Crippen molar-refractivity contribution in [2.45, 2.75) is 6.54 Å². The quantitative estimate of drug-likeness (QED) is 0.795. The molecule has 21 heavy (non-hydrogen) atoms. The van der Waals surface area contributed by atoms with Crippen LogP contribution < -0.4 is 10.5 Å². The first-order valence-corrected chi connectivity index (χ1v) is 7.16. The molecule has 0 amide bonds. The molecule has 0 radical (unpaired) electrons. The van der Waals surface area contributed by atoms with Crippen molar-refractivity contribution >= 4 is 17.2 Å². The van der Waals surface area contributed by atoms with Gasteiger partial charge >= 0.3 is 0 Å². The minimum Gasteiger partial charge on any atom is -0.492 e. The van der Waals surface area contributed by atoms with Crippen LogP contribution in [0.1, 0.15) is 11.1 Å². The van der Waals surface area contributed by atoms with Crippen molar-refractivity contribution in [2.75, 3.05) is 20.2 Å². The summed E-state index contributed by atoms with van der Waals surface area (Å²) in [7, 11) is 2.06. The number of nitrogens with two attached hydrogens (primary N) is 1. The molecule has 0 aliphatic heterocycles. The number of aromatic nitrogens is 1. The molecule has 2 N–H and O–H groups in total. The van der Waals surface area contributed by atoms with Gasteiger partial charge in [0.05, 0.1) is 0 Å². The van der Waals surface area contributed by atoms with Gasteiger partial charge in [0.1, 0.15) is 17.3 Å². The van der Waals surface area contributed by atoms with Crippen molar-refractivity contribution in [1.82, 2.24) is 9.88 Å². The maximum absolute atomic E-state index is 5.74. The van der Waals surface area contributed by atoms with E-state index in [1.165, 1.54) is 5.56 Å². The number of hydrogen-bond donors (Lipinski definition) is 1. The maximum Gasteiger partial charge on any atom is 0.120 e. The third-order valence-electron chi connectivity index (χ3n) is 3.06. The molecule has 1 heterocycles. The highest BCUT2D eigenvalue weighted by Crippen LogP contribution is 2.13. The molecule has 110 valence electrons. The number of hydrogen-bond acceptors (Lipinski definition) is 4. The first-order valence-electron chi connectivity index (χ1n) is 6.75. The van der Waals surface area contributed by atoms with Gasteiger partial charge in [0.25, 0.3) is 0 Å². The average Bonchev–Trinajstić information content (AvgIpc) is 2.48. The molecule has 2 aromatic rings. The van der Waals surface area contributed by atoms with Crippen LogP contribution in [0.25, 0.3) is 0 Å². The molecule has 0 aliphatic carbocycles. The smallest absolute Gasteiger partial charge is 0.120 e. The van der Waals surface area contributed by atoms with Gasteiger partial charge in [-0.1, -0.05) is 24.4 Å². The van der Waals surface area contributed by atoms with Crippen LogP contribution in [0, 0.1) is 0 Å². The van der Waals surface area contributed by atoms with Crippen LogP contribution in [0.3, 0.4) is 0 Å². The van der Waals surface area contributed by atoms with Gasteiger partial charge in [-0.3, -0.25) is 9.88 Å². The predicted molar refractivity (Wildman–Crippen MR) is 88.4 cm³/mol. The monoisotopic (exact) mass is 301 g/mol. The molecule has 1 aromatic heterocycles. The first-order chi connectivity index (χ1) is 10.1. The second kappa shape index (κ2) is 7.71. The molecular formula is C16H19N3OS. The Morgan fingerprint density at radius 1 is 1.29 bits per heavy atom. The van der Waals surface area contributed by atoms with Crippen LogP contribution in [-0.4, -0.2) is 35.1 Å². The van der Waals surface area contributed by atoms with E-state index >= 15 is 0 Å². The number of pyridine rings is 1. The molecule has 5 heteroatoms. The summed E-state index contributed by atoms with van der Waals surface area (Å²) in [6.07, 6.45) is 3.61. The van der Waals surface area contributed by atoms with Crippen LogP contribution in [0.5, 0.6) is 5.75 Å². The van der Waals surface area contributed by atoms with Crippen molar-refractivity contribution in [3.05, 3.63) is 59.9 Å². The molecule has 0 atom stereocenters. The zero-order chi connectivity index (χ0) is 15.1. The van der Waals surface area contributed by atoms with Crippen molar-refractivity contribution < 1.29 is 4.74 Å². The summed E-state index contributed by atoms with van der Waals surface area (Å²) in [5.41, 5.74) is 7.67. The van der Waals surface area contributed by atoms with E-state index in [0.29, 0.717) is 11.6 Å². The minimum atomic E-state index is 0.384. The zero-order valence-electron chi connectivity index (χ0n) is 12.0. The number of nitrogens with zero attached hydrogens (tertiary/aromatic N) is 2. The van der Waals surface area contributed by atoms with Crippen molar-refractivity contribution in [3.8, 4) is 5.75 Å². The molecule has 0 unspecified atom stereocenters. The third-order valence-corrected chi connectivity index (χ3v) is 3.30. The van der Waals surface area contributed by atoms with Gasteiger partial charge in [-0.25, -0.2) is 0 Å². The highest BCUT2D eigenvalue weighted by Gasteiger charge is 2.02. The van der Waals surface area contributed by atoms with Gasteiger partial charge in [-0.05, 0) is 36.9 Å². The largest absolute Gasteiger partial charge is 0.492 e. The summed E-state index contributed by atoms with van der Waals surface area (Å²) in [5, 5.41) is 0. The Morgan fingerprint density at radius 3 is 2.76 bits per heavy atom. The first kappa shape index (κ1) is 15.4. The zero-order valence-corrected chi connectivity index (χ0v) is 12.8. The Kier molecular flexibility index (Phi) is 5.66. The molecule has 2 rings (SSSR count). The lowest BCUT2D eigenvalue weighted by Gasteiger charge is -2.17. The van der Waals surface area contributed by atoms with E-state index in [9.17, 15) is 0 Å². The van der Waals surface area contributed by atoms with Gasteiger partial charge in [0, 0.05) is 31.0 Å². The normalized spacial score (nSPS) is 10.6. The molecule has 0 saturated carbocycles. The van der Waals surface area contributed by atoms with Crippen LogP contribution in [0.2, 0.25) is 0 Å². The molecule has 0 bridgehead atoms. The van der Waals surface area contributed by atoms with Gasteiger partial charge in [-0.2, -0.15) is 0 Å². The Morgan fingerprint density at radius 2 is 2.05 bits per heavy atom. The highest BCUT2D eigenvalue weighted by atomic mass is 32.1. The molecular weight excluding hydrogens is 282 g/mol. The molecule has 1 aromatic carbocycles. The second-order valence-corrected chi connectivity index (χ2v) is 5.27. The number of likely N-dealkylation sites (N-methyl/N-ethyl adjacent to an activating group) is 1. The van der Waals surface area contributed by atoms with E-state index in [4.69, 9.17) is 22.7 Å². The SMILES string of the molecule is CN(CCOc1cccc(C(N)=S)c1)Cc1ccncc1. The fourth-order valence-corrected chi connectivity index (χ4v) is 2.06. The standard InChI is InChI=1S/C16H19N3OS/c1-19(12-13-5-7-18-8-6-13)9-10-20-15-4-2-3-14(11-15)16(17)21/h2-8,11H,9-10,12H2,1H3,(H2,17,21). The van der Waals surface area contributed by atoms with E-state index < -0.39 is 0 Å². The van der Waals surface area contributed by atoms with E-state index in [0.717, 1.165) is 24.4 Å². The summed E-state index contributed by atoms with van der Waals surface area (Å²) >= 11 is 4.96. The highest BCUT2D eigenvalue weighted by molar-refractivity contribution is 7.80.